The Labute approximate surface area is 80.7 Å². The molecule has 0 nitrogen and oxygen atoms in total. The first-order valence-electron chi connectivity index (χ1n) is 3.39. The fourth-order valence-corrected chi connectivity index (χ4v) is 1.08. The summed E-state index contributed by atoms with van der Waals surface area (Å²) < 4.78 is 49.2. The molecule has 0 aliphatic carbocycles. The van der Waals surface area contributed by atoms with Gasteiger partial charge in [0.2, 0.25) is 0 Å². The first-order chi connectivity index (χ1) is 6.02. The zero-order valence-electron chi connectivity index (χ0n) is 6.28. The lowest BCUT2D eigenvalue weighted by Gasteiger charge is -2.07. The highest BCUT2D eigenvalue weighted by atomic mass is 79.9. The molecule has 5 heteroatoms. The Bertz CT molecular complexity index is 300. The maximum atomic E-state index is 12.7. The van der Waals surface area contributed by atoms with E-state index < -0.39 is 18.4 Å². The van der Waals surface area contributed by atoms with Crippen LogP contribution in [-0.4, -0.2) is 6.43 Å². The molecular formula is C8H5BrF4. The minimum atomic E-state index is -3.12. The van der Waals surface area contributed by atoms with E-state index in [0.717, 1.165) is 12.1 Å². The number of benzene rings is 1. The molecule has 0 N–H and O–H groups in total. The Kier molecular flexibility index (Phi) is 3.30. The summed E-state index contributed by atoms with van der Waals surface area (Å²) in [6.07, 6.45) is -5.55. The molecule has 1 atom stereocenters. The van der Waals surface area contributed by atoms with Crippen molar-refractivity contribution in [3.8, 4) is 0 Å². The summed E-state index contributed by atoms with van der Waals surface area (Å²) in [5, 5.41) is 0. The van der Waals surface area contributed by atoms with Crippen molar-refractivity contribution in [3.05, 3.63) is 34.1 Å². The lowest BCUT2D eigenvalue weighted by molar-refractivity contribution is 0.0494. The van der Waals surface area contributed by atoms with Crippen LogP contribution < -0.4 is 0 Å². The fraction of sp³-hybridized carbons (Fsp3) is 0.250. The molecule has 1 unspecified atom stereocenters. The molecule has 72 valence electrons. The molecule has 0 heterocycles. The average molecular weight is 257 g/mol. The minimum absolute atomic E-state index is 0.123. The van der Waals surface area contributed by atoms with E-state index in [-0.39, 0.29) is 10.0 Å². The predicted molar refractivity (Wildman–Crippen MR) is 44.0 cm³/mol. The molecular weight excluding hydrogens is 252 g/mol. The standard InChI is InChI=1S/C8H5BrF4/c9-5-2-1-4(3-6(5)10)7(11)8(12)13/h1-3,7-8H. The van der Waals surface area contributed by atoms with Crippen LogP contribution in [0.5, 0.6) is 0 Å². The summed E-state index contributed by atoms with van der Waals surface area (Å²) in [6.45, 7) is 0. The summed E-state index contributed by atoms with van der Waals surface area (Å²) in [6, 6.07) is 3.06. The van der Waals surface area contributed by atoms with E-state index in [1.807, 2.05) is 0 Å². The third-order valence-corrected chi connectivity index (χ3v) is 2.13. The normalized spacial score (nSPS) is 13.4. The van der Waals surface area contributed by atoms with Crippen LogP contribution in [0.3, 0.4) is 0 Å². The summed E-state index contributed by atoms with van der Waals surface area (Å²) in [4.78, 5) is 0. The molecule has 0 amide bonds. The van der Waals surface area contributed by atoms with Crippen LogP contribution in [0.4, 0.5) is 17.6 Å². The zero-order valence-corrected chi connectivity index (χ0v) is 7.86. The smallest absolute Gasteiger partial charge is 0.236 e. The van der Waals surface area contributed by atoms with Gasteiger partial charge < -0.3 is 0 Å². The highest BCUT2D eigenvalue weighted by molar-refractivity contribution is 9.10. The van der Waals surface area contributed by atoms with Crippen molar-refractivity contribution < 1.29 is 17.6 Å². The van der Waals surface area contributed by atoms with Crippen LogP contribution in [-0.2, 0) is 0 Å². The molecule has 0 radical (unpaired) electrons. The van der Waals surface area contributed by atoms with Gasteiger partial charge >= 0.3 is 0 Å². The summed E-state index contributed by atoms with van der Waals surface area (Å²) >= 11 is 2.83. The zero-order chi connectivity index (χ0) is 10.0. The topological polar surface area (TPSA) is 0 Å². The van der Waals surface area contributed by atoms with Gasteiger partial charge in [-0.1, -0.05) is 6.07 Å². The predicted octanol–water partition coefficient (Wildman–Crippen LogP) is 3.86. The van der Waals surface area contributed by atoms with Gasteiger partial charge in [0, 0.05) is 0 Å². The third-order valence-electron chi connectivity index (χ3n) is 1.48. The van der Waals surface area contributed by atoms with Crippen molar-refractivity contribution in [2.75, 3.05) is 0 Å². The molecule has 0 saturated heterocycles. The SMILES string of the molecule is Fc1cc(C(F)C(F)F)ccc1Br. The molecule has 0 saturated carbocycles. The Morgan fingerprint density at radius 3 is 2.23 bits per heavy atom. The Balaban J connectivity index is 2.97. The lowest BCUT2D eigenvalue weighted by Crippen LogP contribution is -2.03. The van der Waals surface area contributed by atoms with E-state index in [1.165, 1.54) is 6.07 Å². The fourth-order valence-electron chi connectivity index (χ4n) is 0.829. The van der Waals surface area contributed by atoms with Crippen molar-refractivity contribution in [1.82, 2.24) is 0 Å². The summed E-state index contributed by atoms with van der Waals surface area (Å²) in [7, 11) is 0. The molecule has 13 heavy (non-hydrogen) atoms. The van der Waals surface area contributed by atoms with Crippen molar-refractivity contribution in [1.29, 1.82) is 0 Å². The maximum absolute atomic E-state index is 12.7. The number of alkyl halides is 3. The summed E-state index contributed by atoms with van der Waals surface area (Å²) in [5.74, 6) is -0.749. The molecule has 1 aromatic carbocycles. The van der Waals surface area contributed by atoms with Crippen LogP contribution >= 0.6 is 15.9 Å². The molecule has 0 aliphatic heterocycles. The van der Waals surface area contributed by atoms with E-state index in [4.69, 9.17) is 0 Å². The molecule has 0 fully saturated rings. The second kappa shape index (κ2) is 4.09. The van der Waals surface area contributed by atoms with Crippen molar-refractivity contribution in [2.24, 2.45) is 0 Å². The van der Waals surface area contributed by atoms with Gasteiger partial charge in [-0.25, -0.2) is 17.6 Å². The van der Waals surface area contributed by atoms with Gasteiger partial charge in [-0.2, -0.15) is 0 Å². The number of halogens is 5. The van der Waals surface area contributed by atoms with Gasteiger partial charge in [0.15, 0.2) is 6.17 Å². The van der Waals surface area contributed by atoms with Gasteiger partial charge in [-0.15, -0.1) is 0 Å². The average Bonchev–Trinajstić information content (AvgIpc) is 2.08. The van der Waals surface area contributed by atoms with E-state index in [2.05, 4.69) is 15.9 Å². The van der Waals surface area contributed by atoms with E-state index in [9.17, 15) is 17.6 Å². The molecule has 0 bridgehead atoms. The van der Waals surface area contributed by atoms with Crippen molar-refractivity contribution in [3.63, 3.8) is 0 Å². The van der Waals surface area contributed by atoms with Crippen LogP contribution in [0.15, 0.2) is 22.7 Å². The Morgan fingerprint density at radius 2 is 1.77 bits per heavy atom. The number of hydrogen-bond acceptors (Lipinski definition) is 0. The highest BCUT2D eigenvalue weighted by Crippen LogP contribution is 2.27. The monoisotopic (exact) mass is 256 g/mol. The van der Waals surface area contributed by atoms with Crippen molar-refractivity contribution >= 4 is 15.9 Å². The second-order valence-corrected chi connectivity index (χ2v) is 3.26. The molecule has 0 aromatic heterocycles. The second-order valence-electron chi connectivity index (χ2n) is 2.41. The molecule has 1 aromatic rings. The number of hydrogen-bond donors (Lipinski definition) is 0. The Morgan fingerprint density at radius 1 is 1.15 bits per heavy atom. The third kappa shape index (κ3) is 2.43. The lowest BCUT2D eigenvalue weighted by atomic mass is 10.1. The van der Waals surface area contributed by atoms with Crippen LogP contribution in [0.1, 0.15) is 11.7 Å². The first kappa shape index (κ1) is 10.5. The minimum Gasteiger partial charge on any atom is -0.236 e. The van der Waals surface area contributed by atoms with Crippen molar-refractivity contribution in [2.45, 2.75) is 12.6 Å². The van der Waals surface area contributed by atoms with Gasteiger partial charge in [0.25, 0.3) is 6.43 Å². The van der Waals surface area contributed by atoms with E-state index >= 15 is 0 Å². The number of rotatable bonds is 2. The van der Waals surface area contributed by atoms with E-state index in [1.54, 1.807) is 0 Å². The quantitative estimate of drug-likeness (QED) is 0.705. The summed E-state index contributed by atoms with van der Waals surface area (Å²) in [5.41, 5.74) is -0.351. The molecule has 0 spiro atoms. The highest BCUT2D eigenvalue weighted by Gasteiger charge is 2.21. The first-order valence-corrected chi connectivity index (χ1v) is 4.19. The van der Waals surface area contributed by atoms with Gasteiger partial charge in [-0.05, 0) is 33.6 Å². The Hall–Kier alpha value is -0.580. The van der Waals surface area contributed by atoms with Gasteiger partial charge in [0.05, 0.1) is 4.47 Å². The van der Waals surface area contributed by atoms with Crippen LogP contribution in [0, 0.1) is 5.82 Å². The molecule has 0 aliphatic rings. The van der Waals surface area contributed by atoms with Gasteiger partial charge in [0.1, 0.15) is 5.82 Å². The molecule has 1 rings (SSSR count). The van der Waals surface area contributed by atoms with E-state index in [0.29, 0.717) is 0 Å². The maximum Gasteiger partial charge on any atom is 0.273 e. The van der Waals surface area contributed by atoms with Crippen LogP contribution in [0.2, 0.25) is 0 Å². The van der Waals surface area contributed by atoms with Gasteiger partial charge in [-0.3, -0.25) is 0 Å². The largest absolute Gasteiger partial charge is 0.273 e. The van der Waals surface area contributed by atoms with Crippen LogP contribution in [0.25, 0.3) is 0 Å².